The number of alkyl halides is 3. The molecule has 0 amide bonds. The summed E-state index contributed by atoms with van der Waals surface area (Å²) in [6.07, 6.45) is -3.44. The highest BCUT2D eigenvalue weighted by atomic mass is 19.4. The number of nitrogens with zero attached hydrogens (tertiary/aromatic N) is 1. The Hall–Kier alpha value is -1.72. The summed E-state index contributed by atoms with van der Waals surface area (Å²) in [5.74, 6) is -0.291. The predicted octanol–water partition coefficient (Wildman–Crippen LogP) is 3.09. The van der Waals surface area contributed by atoms with Gasteiger partial charge in [0.2, 0.25) is 0 Å². The summed E-state index contributed by atoms with van der Waals surface area (Å²) in [4.78, 5) is 12.7. The van der Waals surface area contributed by atoms with Crippen LogP contribution in [0.2, 0.25) is 0 Å². The molecule has 0 aliphatic heterocycles. The highest BCUT2D eigenvalue weighted by molar-refractivity contribution is 5.69. The molecule has 0 aromatic heterocycles. The van der Waals surface area contributed by atoms with E-state index in [9.17, 15) is 18.0 Å². The maximum atomic E-state index is 12.4. The third-order valence-corrected chi connectivity index (χ3v) is 2.74. The van der Waals surface area contributed by atoms with Crippen molar-refractivity contribution in [3.8, 4) is 0 Å². The largest absolute Gasteiger partial charge is 0.469 e. The third kappa shape index (κ3) is 4.81. The van der Waals surface area contributed by atoms with Gasteiger partial charge in [-0.3, -0.25) is 4.79 Å². The molecule has 1 aromatic rings. The first-order valence-corrected chi connectivity index (χ1v) is 5.80. The van der Waals surface area contributed by atoms with Crippen molar-refractivity contribution in [2.24, 2.45) is 0 Å². The van der Waals surface area contributed by atoms with Crippen LogP contribution in [-0.2, 0) is 15.7 Å². The quantitative estimate of drug-likeness (QED) is 0.773. The van der Waals surface area contributed by atoms with Crippen molar-refractivity contribution in [1.82, 2.24) is 0 Å². The Labute approximate surface area is 110 Å². The molecule has 0 saturated carbocycles. The van der Waals surface area contributed by atoms with E-state index < -0.39 is 11.7 Å². The number of hydrogen-bond donors (Lipinski definition) is 0. The highest BCUT2D eigenvalue weighted by Gasteiger charge is 2.30. The molecule has 3 nitrogen and oxygen atoms in total. The smallest absolute Gasteiger partial charge is 0.416 e. The Kier molecular flexibility index (Phi) is 5.20. The van der Waals surface area contributed by atoms with E-state index >= 15 is 0 Å². The minimum Gasteiger partial charge on any atom is -0.469 e. The van der Waals surface area contributed by atoms with Gasteiger partial charge >= 0.3 is 12.1 Å². The number of benzene rings is 1. The van der Waals surface area contributed by atoms with Crippen LogP contribution in [0.5, 0.6) is 0 Å². The normalized spacial score (nSPS) is 11.2. The summed E-state index contributed by atoms with van der Waals surface area (Å²) in [5, 5.41) is 0. The molecule has 0 atom stereocenters. The van der Waals surface area contributed by atoms with Crippen LogP contribution in [0.15, 0.2) is 24.3 Å². The standard InChI is InChI=1S/C13H16F3NO2/c1-17(9-3-4-12(18)19-2)11-7-5-10(6-8-11)13(14,15)16/h5-8H,3-4,9H2,1-2H3. The zero-order valence-corrected chi connectivity index (χ0v) is 10.8. The van der Waals surface area contributed by atoms with Crippen LogP contribution in [-0.4, -0.2) is 26.7 Å². The Balaban J connectivity index is 2.53. The number of esters is 1. The second kappa shape index (κ2) is 6.45. The topological polar surface area (TPSA) is 29.5 Å². The fraction of sp³-hybridized carbons (Fsp3) is 0.462. The van der Waals surface area contributed by atoms with E-state index in [2.05, 4.69) is 4.74 Å². The van der Waals surface area contributed by atoms with Crippen LogP contribution in [0.25, 0.3) is 0 Å². The SMILES string of the molecule is COC(=O)CCCN(C)c1ccc(C(F)(F)F)cc1. The Morgan fingerprint density at radius 2 is 1.84 bits per heavy atom. The molecule has 0 N–H and O–H groups in total. The van der Waals surface area contributed by atoms with Crippen LogP contribution < -0.4 is 4.90 Å². The van der Waals surface area contributed by atoms with Crippen molar-refractivity contribution >= 4 is 11.7 Å². The first kappa shape index (κ1) is 15.3. The molecule has 0 aliphatic rings. The van der Waals surface area contributed by atoms with Crippen LogP contribution in [0.4, 0.5) is 18.9 Å². The second-order valence-corrected chi connectivity index (χ2v) is 4.15. The van der Waals surface area contributed by atoms with Gasteiger partial charge in [0.15, 0.2) is 0 Å². The van der Waals surface area contributed by atoms with E-state index in [0.717, 1.165) is 12.1 Å². The minimum atomic E-state index is -4.32. The lowest BCUT2D eigenvalue weighted by molar-refractivity contribution is -0.140. The van der Waals surface area contributed by atoms with E-state index in [1.165, 1.54) is 19.2 Å². The van der Waals surface area contributed by atoms with Crippen LogP contribution in [0, 0.1) is 0 Å². The molecule has 6 heteroatoms. The predicted molar refractivity (Wildman–Crippen MR) is 66.0 cm³/mol. The molecule has 19 heavy (non-hydrogen) atoms. The average molecular weight is 275 g/mol. The summed E-state index contributed by atoms with van der Waals surface area (Å²) in [6, 6.07) is 4.93. The summed E-state index contributed by atoms with van der Waals surface area (Å²) in [5.41, 5.74) is 0.0112. The molecule has 1 aromatic carbocycles. The van der Waals surface area contributed by atoms with Gasteiger partial charge in [-0.05, 0) is 30.7 Å². The number of anilines is 1. The van der Waals surface area contributed by atoms with Gasteiger partial charge in [0.1, 0.15) is 0 Å². The van der Waals surface area contributed by atoms with Crippen LogP contribution in [0.1, 0.15) is 18.4 Å². The Morgan fingerprint density at radius 1 is 1.26 bits per heavy atom. The van der Waals surface area contributed by atoms with Gasteiger partial charge in [-0.25, -0.2) is 0 Å². The first-order chi connectivity index (χ1) is 8.84. The maximum Gasteiger partial charge on any atom is 0.416 e. The van der Waals surface area contributed by atoms with Crippen molar-refractivity contribution in [3.05, 3.63) is 29.8 Å². The van der Waals surface area contributed by atoms with E-state index in [0.29, 0.717) is 25.1 Å². The van der Waals surface area contributed by atoms with Crippen molar-refractivity contribution in [2.45, 2.75) is 19.0 Å². The number of halogens is 3. The number of ether oxygens (including phenoxy) is 1. The van der Waals surface area contributed by atoms with E-state index in [1.54, 1.807) is 11.9 Å². The molecule has 106 valence electrons. The van der Waals surface area contributed by atoms with Gasteiger partial charge in [0.25, 0.3) is 0 Å². The second-order valence-electron chi connectivity index (χ2n) is 4.15. The summed E-state index contributed by atoms with van der Waals surface area (Å²) >= 11 is 0. The molecule has 0 heterocycles. The number of carbonyl (C=O) groups is 1. The number of methoxy groups -OCH3 is 1. The highest BCUT2D eigenvalue weighted by Crippen LogP contribution is 2.30. The molecular formula is C13H16F3NO2. The average Bonchev–Trinajstić information content (AvgIpc) is 2.37. The Morgan fingerprint density at radius 3 is 2.32 bits per heavy atom. The van der Waals surface area contributed by atoms with Gasteiger partial charge in [-0.1, -0.05) is 0 Å². The van der Waals surface area contributed by atoms with Gasteiger partial charge < -0.3 is 9.64 Å². The molecule has 0 aliphatic carbocycles. The van der Waals surface area contributed by atoms with Crippen LogP contribution in [0.3, 0.4) is 0 Å². The van der Waals surface area contributed by atoms with Gasteiger partial charge in [0.05, 0.1) is 12.7 Å². The maximum absolute atomic E-state index is 12.4. The molecule has 0 radical (unpaired) electrons. The Bertz CT molecular complexity index is 415. The first-order valence-electron chi connectivity index (χ1n) is 5.80. The summed E-state index contributed by atoms with van der Waals surface area (Å²) < 4.78 is 41.7. The lowest BCUT2D eigenvalue weighted by atomic mass is 10.2. The van der Waals surface area contributed by atoms with Crippen molar-refractivity contribution < 1.29 is 22.7 Å². The van der Waals surface area contributed by atoms with Crippen molar-refractivity contribution in [3.63, 3.8) is 0 Å². The van der Waals surface area contributed by atoms with E-state index in [-0.39, 0.29) is 5.97 Å². The lowest BCUT2D eigenvalue weighted by Gasteiger charge is -2.19. The van der Waals surface area contributed by atoms with Crippen molar-refractivity contribution in [1.29, 1.82) is 0 Å². The molecular weight excluding hydrogens is 259 g/mol. The zero-order valence-electron chi connectivity index (χ0n) is 10.8. The monoisotopic (exact) mass is 275 g/mol. The summed E-state index contributed by atoms with van der Waals surface area (Å²) in [6.45, 7) is 0.570. The molecule has 1 rings (SSSR count). The molecule has 0 bridgehead atoms. The minimum absolute atomic E-state index is 0.291. The van der Waals surface area contributed by atoms with E-state index in [1.807, 2.05) is 0 Å². The van der Waals surface area contributed by atoms with Gasteiger partial charge in [-0.15, -0.1) is 0 Å². The van der Waals surface area contributed by atoms with Crippen LogP contribution >= 0.6 is 0 Å². The van der Waals surface area contributed by atoms with E-state index in [4.69, 9.17) is 0 Å². The number of hydrogen-bond acceptors (Lipinski definition) is 3. The zero-order chi connectivity index (χ0) is 14.5. The molecule has 0 fully saturated rings. The molecule has 0 unspecified atom stereocenters. The molecule has 0 saturated heterocycles. The van der Waals surface area contributed by atoms with Gasteiger partial charge in [-0.2, -0.15) is 13.2 Å². The number of carbonyl (C=O) groups excluding carboxylic acids is 1. The fourth-order valence-electron chi connectivity index (χ4n) is 1.60. The third-order valence-electron chi connectivity index (χ3n) is 2.74. The lowest BCUT2D eigenvalue weighted by Crippen LogP contribution is -2.19. The van der Waals surface area contributed by atoms with Crippen molar-refractivity contribution in [2.75, 3.05) is 25.6 Å². The molecule has 0 spiro atoms. The van der Waals surface area contributed by atoms with Gasteiger partial charge in [0, 0.05) is 25.7 Å². The fourth-order valence-corrected chi connectivity index (χ4v) is 1.60. The summed E-state index contributed by atoms with van der Waals surface area (Å²) in [7, 11) is 3.09. The number of rotatable bonds is 5.